The number of benzene rings is 1. The van der Waals surface area contributed by atoms with E-state index in [0.29, 0.717) is 0 Å². The number of Topliss-reactive ketones (excluding diaryl/α,β-unsaturated/α-hetero) is 1. The van der Waals surface area contributed by atoms with E-state index in [1.807, 2.05) is 22.6 Å². The van der Waals surface area contributed by atoms with E-state index >= 15 is 0 Å². The Morgan fingerprint density at radius 1 is 1.53 bits per heavy atom. The molecule has 0 spiro atoms. The first kappa shape index (κ1) is 12.4. The van der Waals surface area contributed by atoms with Crippen LogP contribution in [0.1, 0.15) is 23.7 Å². The molecule has 82 valence electrons. The topological polar surface area (TPSA) is 26.3 Å². The van der Waals surface area contributed by atoms with Gasteiger partial charge in [0.2, 0.25) is 0 Å². The molecule has 0 aliphatic carbocycles. The van der Waals surface area contributed by atoms with Gasteiger partial charge in [0.05, 0.1) is 5.56 Å². The van der Waals surface area contributed by atoms with Gasteiger partial charge in [-0.15, -0.1) is 0 Å². The number of ketones is 1. The summed E-state index contributed by atoms with van der Waals surface area (Å²) in [5.74, 6) is -0.263. The molecule has 0 saturated heterocycles. The predicted molar refractivity (Wildman–Crippen MR) is 60.4 cm³/mol. The van der Waals surface area contributed by atoms with Crippen LogP contribution in [0.25, 0.3) is 0 Å². The summed E-state index contributed by atoms with van der Waals surface area (Å²) in [6.07, 6.45) is 0.264. The van der Waals surface area contributed by atoms with Gasteiger partial charge in [0, 0.05) is 9.99 Å². The number of ether oxygens (including phenoxy) is 1. The van der Waals surface area contributed by atoms with Crippen LogP contribution in [-0.2, 0) is 0 Å². The molecular weight excluding hydrogens is 317 g/mol. The van der Waals surface area contributed by atoms with Crippen molar-refractivity contribution in [2.24, 2.45) is 0 Å². The van der Waals surface area contributed by atoms with Crippen LogP contribution in [0.3, 0.4) is 0 Å². The smallest absolute Gasteiger partial charge is 0.387 e. The summed E-state index contributed by atoms with van der Waals surface area (Å²) in [5.41, 5.74) is 0.213. The van der Waals surface area contributed by atoms with Crippen molar-refractivity contribution in [1.82, 2.24) is 0 Å². The molecule has 2 nitrogen and oxygen atoms in total. The fraction of sp³-hybridized carbons (Fsp3) is 0.300. The second-order valence-corrected chi connectivity index (χ2v) is 4.04. The molecule has 0 radical (unpaired) electrons. The van der Waals surface area contributed by atoms with Crippen molar-refractivity contribution < 1.29 is 18.3 Å². The highest BCUT2D eigenvalue weighted by Crippen LogP contribution is 2.24. The maximum absolute atomic E-state index is 12.0. The average Bonchev–Trinajstić information content (AvgIpc) is 2.19. The number of halogens is 3. The second kappa shape index (κ2) is 5.39. The van der Waals surface area contributed by atoms with Gasteiger partial charge in [-0.2, -0.15) is 8.78 Å². The summed E-state index contributed by atoms with van der Waals surface area (Å²) in [6.45, 7) is -1.23. The molecule has 0 heterocycles. The molecule has 0 aliphatic heterocycles. The number of carbonyl (C=O) groups excluding carboxylic acids is 1. The minimum Gasteiger partial charge on any atom is -0.434 e. The molecule has 0 fully saturated rings. The summed E-state index contributed by atoms with van der Waals surface area (Å²) in [6, 6.07) is 4.55. The maximum Gasteiger partial charge on any atom is 0.387 e. The van der Waals surface area contributed by atoms with Gasteiger partial charge in [-0.05, 0) is 40.8 Å². The fourth-order valence-corrected chi connectivity index (χ4v) is 1.60. The van der Waals surface area contributed by atoms with Crippen molar-refractivity contribution in [2.75, 3.05) is 0 Å². The van der Waals surface area contributed by atoms with Crippen LogP contribution in [0.5, 0.6) is 5.75 Å². The molecule has 15 heavy (non-hydrogen) atoms. The Labute approximate surface area is 99.8 Å². The van der Waals surface area contributed by atoms with Crippen LogP contribution in [-0.4, -0.2) is 12.4 Å². The number of hydrogen-bond donors (Lipinski definition) is 0. The summed E-state index contributed by atoms with van der Waals surface area (Å²) in [5, 5.41) is 0. The third-order valence-corrected chi connectivity index (χ3v) is 2.45. The van der Waals surface area contributed by atoms with Crippen LogP contribution >= 0.6 is 22.6 Å². The van der Waals surface area contributed by atoms with E-state index in [9.17, 15) is 13.6 Å². The fourth-order valence-electron chi connectivity index (χ4n) is 1.11. The number of rotatable bonds is 4. The first-order valence-corrected chi connectivity index (χ1v) is 5.40. The molecule has 0 N–H and O–H groups in total. The number of alkyl halides is 2. The van der Waals surface area contributed by atoms with Gasteiger partial charge in [0.25, 0.3) is 0 Å². The molecule has 0 aromatic heterocycles. The molecule has 0 amide bonds. The van der Waals surface area contributed by atoms with E-state index in [0.717, 1.165) is 3.57 Å². The standard InChI is InChI=1S/C10H9F2IO2/c1-2-8(14)7-5-6(13)3-4-9(7)15-10(11)12/h3-5,10H,2H2,1H3. The zero-order valence-electron chi connectivity index (χ0n) is 7.97. The Hall–Kier alpha value is -0.720. The Morgan fingerprint density at radius 3 is 2.73 bits per heavy atom. The molecule has 1 aromatic carbocycles. The normalized spacial score (nSPS) is 10.5. The lowest BCUT2D eigenvalue weighted by molar-refractivity contribution is -0.0501. The second-order valence-electron chi connectivity index (χ2n) is 2.80. The molecule has 0 saturated carbocycles. The van der Waals surface area contributed by atoms with Crippen molar-refractivity contribution >= 4 is 28.4 Å². The lowest BCUT2D eigenvalue weighted by Crippen LogP contribution is -2.07. The Bertz CT molecular complexity index is 366. The van der Waals surface area contributed by atoms with Gasteiger partial charge in [-0.3, -0.25) is 4.79 Å². The zero-order valence-corrected chi connectivity index (χ0v) is 10.1. The zero-order chi connectivity index (χ0) is 11.4. The number of carbonyl (C=O) groups is 1. The molecule has 0 atom stereocenters. The highest BCUT2D eigenvalue weighted by molar-refractivity contribution is 14.1. The maximum atomic E-state index is 12.0. The summed E-state index contributed by atoms with van der Waals surface area (Å²) in [4.78, 5) is 11.4. The van der Waals surface area contributed by atoms with E-state index in [2.05, 4.69) is 4.74 Å². The van der Waals surface area contributed by atoms with Gasteiger partial charge >= 0.3 is 6.61 Å². The third kappa shape index (κ3) is 3.40. The molecule has 0 aliphatic rings. The van der Waals surface area contributed by atoms with Crippen LogP contribution in [0.2, 0.25) is 0 Å². The monoisotopic (exact) mass is 326 g/mol. The minimum absolute atomic E-state index is 0.0581. The van der Waals surface area contributed by atoms with Gasteiger partial charge < -0.3 is 4.74 Å². The molecule has 0 bridgehead atoms. The van der Waals surface area contributed by atoms with Gasteiger partial charge in [-0.25, -0.2) is 0 Å². The molecule has 1 rings (SSSR count). The van der Waals surface area contributed by atoms with Crippen molar-refractivity contribution in [2.45, 2.75) is 20.0 Å². The van der Waals surface area contributed by atoms with Crippen LogP contribution < -0.4 is 4.74 Å². The van der Waals surface area contributed by atoms with E-state index in [4.69, 9.17) is 0 Å². The Balaban J connectivity index is 3.08. The third-order valence-electron chi connectivity index (χ3n) is 1.78. The largest absolute Gasteiger partial charge is 0.434 e. The van der Waals surface area contributed by atoms with Crippen molar-refractivity contribution in [3.63, 3.8) is 0 Å². The lowest BCUT2D eigenvalue weighted by atomic mass is 10.1. The van der Waals surface area contributed by atoms with Gasteiger partial charge in [0.15, 0.2) is 5.78 Å². The SMILES string of the molecule is CCC(=O)c1cc(I)ccc1OC(F)F. The van der Waals surface area contributed by atoms with E-state index < -0.39 is 6.61 Å². The Kier molecular flexibility index (Phi) is 4.44. The first-order valence-electron chi connectivity index (χ1n) is 4.32. The van der Waals surface area contributed by atoms with E-state index in [-0.39, 0.29) is 23.5 Å². The van der Waals surface area contributed by atoms with Crippen LogP contribution in [0.4, 0.5) is 8.78 Å². The summed E-state index contributed by atoms with van der Waals surface area (Å²) < 4.78 is 29.1. The highest BCUT2D eigenvalue weighted by Gasteiger charge is 2.14. The molecule has 1 aromatic rings. The van der Waals surface area contributed by atoms with Gasteiger partial charge in [0.1, 0.15) is 5.75 Å². The average molecular weight is 326 g/mol. The van der Waals surface area contributed by atoms with E-state index in [1.165, 1.54) is 6.07 Å². The van der Waals surface area contributed by atoms with Crippen LogP contribution in [0.15, 0.2) is 18.2 Å². The molecule has 0 unspecified atom stereocenters. The highest BCUT2D eigenvalue weighted by atomic mass is 127. The van der Waals surface area contributed by atoms with Crippen molar-refractivity contribution in [3.05, 3.63) is 27.3 Å². The Morgan fingerprint density at radius 2 is 2.20 bits per heavy atom. The summed E-state index contributed by atoms with van der Waals surface area (Å²) in [7, 11) is 0. The molecular formula is C10H9F2IO2. The van der Waals surface area contributed by atoms with Crippen LogP contribution in [0, 0.1) is 3.57 Å². The molecule has 5 heteroatoms. The van der Waals surface area contributed by atoms with Gasteiger partial charge in [-0.1, -0.05) is 6.92 Å². The van der Waals surface area contributed by atoms with Crippen molar-refractivity contribution in [1.29, 1.82) is 0 Å². The minimum atomic E-state index is -2.91. The first-order chi connectivity index (χ1) is 7.04. The number of hydrogen-bond acceptors (Lipinski definition) is 2. The predicted octanol–water partition coefficient (Wildman–Crippen LogP) is 3.49. The lowest BCUT2D eigenvalue weighted by Gasteiger charge is -2.09. The van der Waals surface area contributed by atoms with E-state index in [1.54, 1.807) is 19.1 Å². The summed E-state index contributed by atoms with van der Waals surface area (Å²) >= 11 is 2.01. The quantitative estimate of drug-likeness (QED) is 0.625. The van der Waals surface area contributed by atoms with Crippen molar-refractivity contribution in [3.8, 4) is 5.75 Å².